The molecule has 1 atom stereocenters. The van der Waals surface area contributed by atoms with E-state index in [0.29, 0.717) is 22.6 Å². The first-order valence-electron chi connectivity index (χ1n) is 7.94. The number of hydrogen-bond donors (Lipinski definition) is 2. The summed E-state index contributed by atoms with van der Waals surface area (Å²) < 4.78 is 37.9. The van der Waals surface area contributed by atoms with Gasteiger partial charge in [-0.3, -0.25) is 9.78 Å². The van der Waals surface area contributed by atoms with Gasteiger partial charge in [-0.15, -0.1) is 0 Å². The molecule has 1 aromatic carbocycles. The molecule has 0 saturated heterocycles. The molecular formula is C18H15F3N4OS. The van der Waals surface area contributed by atoms with Gasteiger partial charge in [0.25, 0.3) is 5.91 Å². The second kappa shape index (κ2) is 7.75. The third kappa shape index (κ3) is 4.82. The van der Waals surface area contributed by atoms with Crippen LogP contribution in [0.2, 0.25) is 0 Å². The number of halogens is 3. The topological polar surface area (TPSA) is 66.9 Å². The van der Waals surface area contributed by atoms with Crippen LogP contribution < -0.4 is 10.6 Å². The fraction of sp³-hybridized carbons (Fsp3) is 0.167. The van der Waals surface area contributed by atoms with Gasteiger partial charge in [-0.2, -0.15) is 13.2 Å². The Labute approximate surface area is 157 Å². The molecule has 0 aliphatic heterocycles. The predicted molar refractivity (Wildman–Crippen MR) is 97.8 cm³/mol. The highest BCUT2D eigenvalue weighted by molar-refractivity contribution is 7.15. The first-order valence-corrected chi connectivity index (χ1v) is 8.75. The van der Waals surface area contributed by atoms with Crippen molar-refractivity contribution in [3.8, 4) is 0 Å². The molecule has 3 rings (SSSR count). The van der Waals surface area contributed by atoms with Crippen molar-refractivity contribution in [2.75, 3.05) is 10.6 Å². The number of thiazole rings is 1. The number of benzene rings is 1. The van der Waals surface area contributed by atoms with Crippen molar-refractivity contribution in [2.45, 2.75) is 19.1 Å². The Kier molecular flexibility index (Phi) is 5.41. The lowest BCUT2D eigenvalue weighted by molar-refractivity contribution is -0.134. The summed E-state index contributed by atoms with van der Waals surface area (Å²) in [5.74, 6) is -0.251. The van der Waals surface area contributed by atoms with Crippen molar-refractivity contribution in [3.05, 3.63) is 71.0 Å². The van der Waals surface area contributed by atoms with E-state index >= 15 is 0 Å². The molecule has 2 aromatic heterocycles. The van der Waals surface area contributed by atoms with Crippen molar-refractivity contribution in [1.29, 1.82) is 0 Å². The molecular weight excluding hydrogens is 377 g/mol. The molecule has 3 aromatic rings. The zero-order chi connectivity index (χ0) is 19.4. The Morgan fingerprint density at radius 2 is 1.78 bits per heavy atom. The number of nitrogens with zero attached hydrogens (tertiary/aromatic N) is 2. The molecule has 140 valence electrons. The predicted octanol–water partition coefficient (Wildman–Crippen LogP) is 4.98. The monoisotopic (exact) mass is 392 g/mol. The summed E-state index contributed by atoms with van der Waals surface area (Å²) in [4.78, 5) is 19.0. The summed E-state index contributed by atoms with van der Waals surface area (Å²) in [7, 11) is 0. The smallest absolute Gasteiger partial charge is 0.355 e. The molecule has 1 unspecified atom stereocenters. The molecule has 0 fully saturated rings. The zero-order valence-corrected chi connectivity index (χ0v) is 14.9. The van der Waals surface area contributed by atoms with Crippen LogP contribution in [0.15, 0.2) is 55.0 Å². The summed E-state index contributed by atoms with van der Waals surface area (Å²) in [6, 6.07) is 10.0. The third-order valence-electron chi connectivity index (χ3n) is 3.74. The van der Waals surface area contributed by atoms with Gasteiger partial charge in [0.1, 0.15) is 4.88 Å². The van der Waals surface area contributed by atoms with Gasteiger partial charge < -0.3 is 10.6 Å². The SMILES string of the molecule is CC(Nc1ncc(C(F)(F)F)s1)c1ccc(NC(=O)c2ccncc2)cc1. The summed E-state index contributed by atoms with van der Waals surface area (Å²) >= 11 is 0.563. The highest BCUT2D eigenvalue weighted by Crippen LogP contribution is 2.36. The van der Waals surface area contributed by atoms with Crippen LogP contribution in [0, 0.1) is 0 Å². The Bertz CT molecular complexity index is 910. The largest absolute Gasteiger partial charge is 0.427 e. The molecule has 5 nitrogen and oxygen atoms in total. The normalized spacial score (nSPS) is 12.4. The minimum absolute atomic E-state index is 0.199. The van der Waals surface area contributed by atoms with Gasteiger partial charge >= 0.3 is 6.18 Å². The van der Waals surface area contributed by atoms with Crippen LogP contribution in [-0.2, 0) is 6.18 Å². The number of carbonyl (C=O) groups is 1. The summed E-state index contributed by atoms with van der Waals surface area (Å²) in [5.41, 5.74) is 1.95. The number of nitrogens with one attached hydrogen (secondary N) is 2. The van der Waals surface area contributed by atoms with E-state index < -0.39 is 11.1 Å². The Balaban J connectivity index is 1.62. The molecule has 0 aliphatic carbocycles. The highest BCUT2D eigenvalue weighted by atomic mass is 32.1. The number of pyridine rings is 1. The van der Waals surface area contributed by atoms with Gasteiger partial charge in [0.2, 0.25) is 0 Å². The summed E-state index contributed by atoms with van der Waals surface area (Å²) in [5, 5.41) is 5.92. The van der Waals surface area contributed by atoms with E-state index in [1.165, 1.54) is 12.4 Å². The van der Waals surface area contributed by atoms with Crippen LogP contribution in [0.1, 0.15) is 33.8 Å². The molecule has 9 heteroatoms. The average Bonchev–Trinajstić information content (AvgIpc) is 3.12. The van der Waals surface area contributed by atoms with Crippen molar-refractivity contribution in [2.24, 2.45) is 0 Å². The highest BCUT2D eigenvalue weighted by Gasteiger charge is 2.33. The minimum atomic E-state index is -4.39. The maximum atomic E-state index is 12.6. The van der Waals surface area contributed by atoms with E-state index in [9.17, 15) is 18.0 Å². The van der Waals surface area contributed by atoms with E-state index in [-0.39, 0.29) is 17.1 Å². The molecule has 2 heterocycles. The zero-order valence-electron chi connectivity index (χ0n) is 14.1. The number of amides is 1. The number of anilines is 2. The van der Waals surface area contributed by atoms with Crippen LogP contribution in [0.5, 0.6) is 0 Å². The number of aromatic nitrogens is 2. The quantitative estimate of drug-likeness (QED) is 0.643. The van der Waals surface area contributed by atoms with Crippen LogP contribution >= 0.6 is 11.3 Å². The van der Waals surface area contributed by atoms with E-state index in [4.69, 9.17) is 0 Å². The van der Waals surface area contributed by atoms with Gasteiger partial charge in [-0.05, 0) is 36.8 Å². The Morgan fingerprint density at radius 1 is 1.11 bits per heavy atom. The fourth-order valence-electron chi connectivity index (χ4n) is 2.30. The first kappa shape index (κ1) is 18.8. The summed E-state index contributed by atoms with van der Waals surface area (Å²) in [6.07, 6.45) is -0.505. The Hall–Kier alpha value is -2.94. The molecule has 1 amide bonds. The Morgan fingerprint density at radius 3 is 2.37 bits per heavy atom. The molecule has 0 saturated carbocycles. The van der Waals surface area contributed by atoms with E-state index in [2.05, 4.69) is 20.6 Å². The molecule has 0 aliphatic rings. The minimum Gasteiger partial charge on any atom is -0.355 e. The molecule has 0 spiro atoms. The van der Waals surface area contributed by atoms with Crippen LogP contribution in [0.25, 0.3) is 0 Å². The van der Waals surface area contributed by atoms with Crippen molar-refractivity contribution < 1.29 is 18.0 Å². The van der Waals surface area contributed by atoms with Crippen molar-refractivity contribution in [1.82, 2.24) is 9.97 Å². The van der Waals surface area contributed by atoms with Crippen molar-refractivity contribution in [3.63, 3.8) is 0 Å². The summed E-state index contributed by atoms with van der Waals surface area (Å²) in [6.45, 7) is 1.82. The van der Waals surface area contributed by atoms with Gasteiger partial charge in [0.05, 0.1) is 12.2 Å². The molecule has 27 heavy (non-hydrogen) atoms. The van der Waals surface area contributed by atoms with Crippen LogP contribution in [0.3, 0.4) is 0 Å². The third-order valence-corrected chi connectivity index (χ3v) is 4.71. The van der Waals surface area contributed by atoms with Gasteiger partial charge in [0, 0.05) is 23.6 Å². The number of rotatable bonds is 5. The molecule has 0 radical (unpaired) electrons. The van der Waals surface area contributed by atoms with E-state index in [0.717, 1.165) is 11.8 Å². The second-order valence-electron chi connectivity index (χ2n) is 5.71. The lowest BCUT2D eigenvalue weighted by Crippen LogP contribution is -2.12. The van der Waals surface area contributed by atoms with E-state index in [1.54, 1.807) is 36.4 Å². The lowest BCUT2D eigenvalue weighted by atomic mass is 10.1. The number of carbonyl (C=O) groups excluding carboxylic acids is 1. The van der Waals surface area contributed by atoms with Crippen LogP contribution in [-0.4, -0.2) is 15.9 Å². The lowest BCUT2D eigenvalue weighted by Gasteiger charge is -2.14. The number of hydrogen-bond acceptors (Lipinski definition) is 5. The van der Waals surface area contributed by atoms with Gasteiger partial charge in [-0.25, -0.2) is 4.98 Å². The first-order chi connectivity index (χ1) is 12.8. The maximum Gasteiger partial charge on any atom is 0.427 e. The molecule has 0 bridgehead atoms. The van der Waals surface area contributed by atoms with Gasteiger partial charge in [0.15, 0.2) is 5.13 Å². The number of alkyl halides is 3. The van der Waals surface area contributed by atoms with E-state index in [1.807, 2.05) is 6.92 Å². The van der Waals surface area contributed by atoms with Crippen molar-refractivity contribution >= 4 is 28.1 Å². The fourth-order valence-corrected chi connectivity index (χ4v) is 3.07. The second-order valence-corrected chi connectivity index (χ2v) is 6.74. The molecule has 2 N–H and O–H groups in total. The van der Waals surface area contributed by atoms with Gasteiger partial charge in [-0.1, -0.05) is 23.5 Å². The van der Waals surface area contributed by atoms with Crippen LogP contribution in [0.4, 0.5) is 24.0 Å². The average molecular weight is 392 g/mol. The maximum absolute atomic E-state index is 12.6. The standard InChI is InChI=1S/C18H15F3N4OS/c1-11(24-17-23-10-15(27-17)18(19,20)21)12-2-4-14(5-3-12)25-16(26)13-6-8-22-9-7-13/h2-11H,1H3,(H,23,24)(H,25,26).